The highest BCUT2D eigenvalue weighted by molar-refractivity contribution is 5.73. The van der Waals surface area contributed by atoms with E-state index in [9.17, 15) is 4.79 Å². The van der Waals surface area contributed by atoms with E-state index in [2.05, 4.69) is 0 Å². The smallest absolute Gasteiger partial charge is 0.221 e. The van der Waals surface area contributed by atoms with E-state index in [-0.39, 0.29) is 12.1 Å². The molecule has 1 heterocycles. The molecule has 3 nitrogen and oxygen atoms in total. The summed E-state index contributed by atoms with van der Waals surface area (Å²) in [6.45, 7) is 2.45. The molecule has 1 aliphatic heterocycles. The van der Waals surface area contributed by atoms with Crippen LogP contribution < -0.4 is 0 Å². The highest BCUT2D eigenvalue weighted by Gasteiger charge is 2.23. The molecule has 1 aliphatic rings. The first-order valence-electron chi connectivity index (χ1n) is 4.05. The largest absolute Gasteiger partial charge is 0.362 e. The first kappa shape index (κ1) is 8.53. The lowest BCUT2D eigenvalue weighted by atomic mass is 10.1. The van der Waals surface area contributed by atoms with Gasteiger partial charge in [0, 0.05) is 20.6 Å². The second-order valence-corrected chi connectivity index (χ2v) is 2.90. The van der Waals surface area contributed by atoms with Gasteiger partial charge < -0.3 is 9.64 Å². The lowest BCUT2D eigenvalue weighted by Gasteiger charge is -2.33. The van der Waals surface area contributed by atoms with E-state index in [4.69, 9.17) is 4.74 Å². The van der Waals surface area contributed by atoms with Gasteiger partial charge >= 0.3 is 0 Å². The van der Waals surface area contributed by atoms with Gasteiger partial charge in [0.15, 0.2) is 0 Å². The predicted octanol–water partition coefficient (Wildman–Crippen LogP) is 0.991. The Kier molecular flexibility index (Phi) is 2.88. The number of amides is 1. The number of ether oxygens (including phenoxy) is 1. The third-order valence-electron chi connectivity index (χ3n) is 2.12. The van der Waals surface area contributed by atoms with Crippen LogP contribution in [-0.4, -0.2) is 30.7 Å². The molecular formula is C8H15NO2. The Bertz CT molecular complexity index is 147. The lowest BCUT2D eigenvalue weighted by molar-refractivity contribution is -0.144. The molecule has 64 valence electrons. The van der Waals surface area contributed by atoms with Crippen molar-refractivity contribution in [2.75, 3.05) is 13.7 Å². The summed E-state index contributed by atoms with van der Waals surface area (Å²) in [4.78, 5) is 12.8. The molecule has 0 spiro atoms. The molecule has 0 bridgehead atoms. The molecule has 1 unspecified atom stereocenters. The van der Waals surface area contributed by atoms with Crippen LogP contribution >= 0.6 is 0 Å². The minimum absolute atomic E-state index is 0.0289. The summed E-state index contributed by atoms with van der Waals surface area (Å²) in [5.74, 6) is 0.122. The van der Waals surface area contributed by atoms with Crippen molar-refractivity contribution >= 4 is 5.91 Å². The second kappa shape index (κ2) is 3.72. The van der Waals surface area contributed by atoms with Crippen molar-refractivity contribution in [1.29, 1.82) is 0 Å². The number of hydrogen-bond donors (Lipinski definition) is 0. The number of piperidine rings is 1. The fraction of sp³-hybridized carbons (Fsp3) is 0.875. The zero-order chi connectivity index (χ0) is 8.27. The maximum atomic E-state index is 11.0. The minimum atomic E-state index is 0.0289. The molecule has 11 heavy (non-hydrogen) atoms. The number of nitrogens with zero attached hydrogens (tertiary/aromatic N) is 1. The highest BCUT2D eigenvalue weighted by atomic mass is 16.5. The Morgan fingerprint density at radius 2 is 2.27 bits per heavy atom. The quantitative estimate of drug-likeness (QED) is 0.568. The van der Waals surface area contributed by atoms with Crippen molar-refractivity contribution in [3.63, 3.8) is 0 Å². The molecule has 0 aromatic rings. The number of hydrogen-bond acceptors (Lipinski definition) is 2. The summed E-state index contributed by atoms with van der Waals surface area (Å²) in [5, 5.41) is 0. The third kappa shape index (κ3) is 1.93. The summed E-state index contributed by atoms with van der Waals surface area (Å²) in [7, 11) is 1.66. The average Bonchev–Trinajstić information content (AvgIpc) is 2.04. The van der Waals surface area contributed by atoms with Gasteiger partial charge in [-0.25, -0.2) is 0 Å². The molecule has 3 heteroatoms. The van der Waals surface area contributed by atoms with Crippen molar-refractivity contribution < 1.29 is 9.53 Å². The van der Waals surface area contributed by atoms with Crippen LogP contribution in [-0.2, 0) is 9.53 Å². The molecule has 0 radical (unpaired) electrons. The number of carbonyl (C=O) groups is 1. The molecule has 0 aromatic carbocycles. The molecule has 1 amide bonds. The maximum absolute atomic E-state index is 11.0. The van der Waals surface area contributed by atoms with Gasteiger partial charge in [-0.2, -0.15) is 0 Å². The van der Waals surface area contributed by atoms with E-state index in [1.807, 2.05) is 0 Å². The molecule has 0 aromatic heterocycles. The van der Waals surface area contributed by atoms with E-state index < -0.39 is 0 Å². The fourth-order valence-corrected chi connectivity index (χ4v) is 1.51. The number of rotatable bonds is 1. The molecule has 0 N–H and O–H groups in total. The van der Waals surface area contributed by atoms with Crippen LogP contribution in [0.1, 0.15) is 26.2 Å². The summed E-state index contributed by atoms with van der Waals surface area (Å²) < 4.78 is 5.17. The first-order valence-corrected chi connectivity index (χ1v) is 4.05. The van der Waals surface area contributed by atoms with Crippen molar-refractivity contribution in [3.8, 4) is 0 Å². The van der Waals surface area contributed by atoms with Crippen LogP contribution in [0, 0.1) is 0 Å². The van der Waals surface area contributed by atoms with Crippen LogP contribution in [0.2, 0.25) is 0 Å². The monoisotopic (exact) mass is 157 g/mol. The van der Waals surface area contributed by atoms with Gasteiger partial charge in [-0.1, -0.05) is 0 Å². The Morgan fingerprint density at radius 3 is 2.73 bits per heavy atom. The lowest BCUT2D eigenvalue weighted by Crippen LogP contribution is -2.43. The fourth-order valence-electron chi connectivity index (χ4n) is 1.51. The number of likely N-dealkylation sites (tertiary alicyclic amines) is 1. The summed E-state index contributed by atoms with van der Waals surface area (Å²) in [6, 6.07) is 0. The minimum Gasteiger partial charge on any atom is -0.362 e. The Balaban J connectivity index is 2.51. The summed E-state index contributed by atoms with van der Waals surface area (Å²) >= 11 is 0. The van der Waals surface area contributed by atoms with E-state index in [0.717, 1.165) is 19.4 Å². The highest BCUT2D eigenvalue weighted by Crippen LogP contribution is 2.16. The normalized spacial score (nSPS) is 25.3. The van der Waals surface area contributed by atoms with Gasteiger partial charge in [0.1, 0.15) is 6.23 Å². The molecule has 1 fully saturated rings. The molecular weight excluding hydrogens is 142 g/mol. The zero-order valence-corrected chi connectivity index (χ0v) is 7.17. The molecule has 0 saturated carbocycles. The Hall–Kier alpha value is -0.570. The van der Waals surface area contributed by atoms with Crippen molar-refractivity contribution in [3.05, 3.63) is 0 Å². The predicted molar refractivity (Wildman–Crippen MR) is 42.0 cm³/mol. The van der Waals surface area contributed by atoms with E-state index in [1.165, 1.54) is 6.42 Å². The average molecular weight is 157 g/mol. The van der Waals surface area contributed by atoms with E-state index in [1.54, 1.807) is 18.9 Å². The van der Waals surface area contributed by atoms with Crippen molar-refractivity contribution in [2.45, 2.75) is 32.4 Å². The van der Waals surface area contributed by atoms with Gasteiger partial charge in [-0.15, -0.1) is 0 Å². The third-order valence-corrected chi connectivity index (χ3v) is 2.12. The van der Waals surface area contributed by atoms with Gasteiger partial charge in [-0.3, -0.25) is 4.79 Å². The van der Waals surface area contributed by atoms with Crippen LogP contribution in [0.25, 0.3) is 0 Å². The maximum Gasteiger partial charge on any atom is 0.221 e. The Morgan fingerprint density at radius 1 is 1.55 bits per heavy atom. The van der Waals surface area contributed by atoms with Crippen LogP contribution in [0.3, 0.4) is 0 Å². The molecule has 1 saturated heterocycles. The number of carbonyl (C=O) groups excluding carboxylic acids is 1. The summed E-state index contributed by atoms with van der Waals surface area (Å²) in [5.41, 5.74) is 0. The standard InChI is InChI=1S/C8H15NO2/c1-7(10)9-6-4-3-5-8(9)11-2/h8H,3-6H2,1-2H3. The van der Waals surface area contributed by atoms with Gasteiger partial charge in [0.2, 0.25) is 5.91 Å². The summed E-state index contributed by atoms with van der Waals surface area (Å²) in [6.07, 6.45) is 3.29. The molecule has 1 atom stereocenters. The first-order chi connectivity index (χ1) is 5.25. The van der Waals surface area contributed by atoms with Crippen molar-refractivity contribution in [1.82, 2.24) is 4.90 Å². The second-order valence-electron chi connectivity index (χ2n) is 2.90. The van der Waals surface area contributed by atoms with Crippen molar-refractivity contribution in [2.24, 2.45) is 0 Å². The van der Waals surface area contributed by atoms with Crippen LogP contribution in [0.5, 0.6) is 0 Å². The molecule has 0 aliphatic carbocycles. The number of methoxy groups -OCH3 is 1. The topological polar surface area (TPSA) is 29.5 Å². The van der Waals surface area contributed by atoms with Gasteiger partial charge in [0.25, 0.3) is 0 Å². The van der Waals surface area contributed by atoms with Crippen LogP contribution in [0.15, 0.2) is 0 Å². The Labute approximate surface area is 67.3 Å². The van der Waals surface area contributed by atoms with E-state index in [0.29, 0.717) is 0 Å². The zero-order valence-electron chi connectivity index (χ0n) is 7.17. The van der Waals surface area contributed by atoms with E-state index >= 15 is 0 Å². The SMILES string of the molecule is COC1CCCCN1C(C)=O. The van der Waals surface area contributed by atoms with Crippen LogP contribution in [0.4, 0.5) is 0 Å². The molecule has 1 rings (SSSR count). The van der Waals surface area contributed by atoms with Gasteiger partial charge in [-0.05, 0) is 19.3 Å². The van der Waals surface area contributed by atoms with Gasteiger partial charge in [0.05, 0.1) is 0 Å².